The summed E-state index contributed by atoms with van der Waals surface area (Å²) in [5.74, 6) is 0. The summed E-state index contributed by atoms with van der Waals surface area (Å²) in [4.78, 5) is 0.598. The summed E-state index contributed by atoms with van der Waals surface area (Å²) in [6.45, 7) is -0.847. The normalized spacial score (nSPS) is 15.8. The van der Waals surface area contributed by atoms with E-state index >= 15 is 0 Å². The fourth-order valence-corrected chi connectivity index (χ4v) is 3.98. The van der Waals surface area contributed by atoms with Gasteiger partial charge in [-0.15, -0.1) is 11.8 Å². The van der Waals surface area contributed by atoms with E-state index < -0.39 is 22.6 Å². The van der Waals surface area contributed by atoms with Gasteiger partial charge in [-0.25, -0.2) is 12.4 Å². The largest absolute Gasteiger partial charge is 0.267 e. The van der Waals surface area contributed by atoms with E-state index in [0.29, 0.717) is 4.90 Å². The molecular weight excluding hydrogens is 338 g/mol. The van der Waals surface area contributed by atoms with Gasteiger partial charge in [-0.05, 0) is 49.2 Å². The molecule has 2 aromatic carbocycles. The maximum absolute atomic E-state index is 13.0. The molecule has 1 heterocycles. The Labute approximate surface area is 154 Å². The van der Waals surface area contributed by atoms with Crippen molar-refractivity contribution in [2.75, 3.05) is 0 Å². The molecule has 0 N–H and O–H groups in total. The summed E-state index contributed by atoms with van der Waals surface area (Å²) in [7, 11) is -4.06. The van der Waals surface area contributed by atoms with Crippen molar-refractivity contribution < 1.29 is 15.3 Å². The van der Waals surface area contributed by atoms with Crippen LogP contribution in [0.2, 0.25) is 0 Å². The van der Waals surface area contributed by atoms with Gasteiger partial charge < -0.3 is 0 Å². The van der Waals surface area contributed by atoms with Gasteiger partial charge in [0.15, 0.2) is 0 Å². The molecule has 0 aliphatic rings. The van der Waals surface area contributed by atoms with Gasteiger partial charge in [0.1, 0.15) is 0 Å². The number of benzene rings is 2. The molecule has 0 fully saturated rings. The van der Waals surface area contributed by atoms with E-state index in [1.807, 2.05) is 6.92 Å². The van der Waals surface area contributed by atoms with Crippen molar-refractivity contribution in [2.45, 2.75) is 29.3 Å². The Morgan fingerprint density at radius 1 is 1.08 bits per heavy atom. The quantitative estimate of drug-likeness (QED) is 0.621. The molecule has 0 radical (unpaired) electrons. The topological polar surface area (TPSA) is 39.1 Å². The molecule has 0 aliphatic carbocycles. The van der Waals surface area contributed by atoms with Crippen LogP contribution in [0.5, 0.6) is 0 Å². The lowest BCUT2D eigenvalue weighted by Crippen LogP contribution is -2.10. The predicted molar refractivity (Wildman–Crippen MR) is 98.9 cm³/mol. The maximum atomic E-state index is 13.0. The molecule has 0 unspecified atom stereocenters. The monoisotopic (exact) mass is 362 g/mol. The number of rotatable bonds is 5. The Balaban J connectivity index is 2.11. The van der Waals surface area contributed by atoms with Gasteiger partial charge in [-0.3, -0.25) is 0 Å². The third kappa shape index (κ3) is 3.57. The predicted octanol–water partition coefficient (Wildman–Crippen LogP) is 4.63. The summed E-state index contributed by atoms with van der Waals surface area (Å²) in [5.41, 5.74) is -1.79. The van der Waals surface area contributed by atoms with Gasteiger partial charge in [0.05, 0.1) is 4.90 Å². The number of aryl methyl sites for hydroxylation is 2. The average Bonchev–Trinajstić information content (AvgIpc) is 3.10. The second kappa shape index (κ2) is 6.87. The van der Waals surface area contributed by atoms with E-state index in [0.717, 1.165) is 33.7 Å². The standard InChI is InChI=1S/C19H19NO2S2/c1-15-8-10-19(11-9-15)24(21,22)20-12-16(2)17(13-20)14-23-18-6-4-3-5-7-18/h3-13H,14H2,1-2H3/i2D3,14D2. The highest BCUT2D eigenvalue weighted by molar-refractivity contribution is 7.98. The van der Waals surface area contributed by atoms with Crippen LogP contribution < -0.4 is 0 Å². The molecule has 0 atom stereocenters. The molecule has 1 aromatic heterocycles. The van der Waals surface area contributed by atoms with Crippen LogP contribution in [0.25, 0.3) is 0 Å². The van der Waals surface area contributed by atoms with E-state index in [1.165, 1.54) is 12.1 Å². The summed E-state index contributed by atoms with van der Waals surface area (Å²) < 4.78 is 67.0. The minimum Gasteiger partial charge on any atom is -0.248 e. The highest BCUT2D eigenvalue weighted by Gasteiger charge is 2.18. The van der Waals surface area contributed by atoms with Crippen molar-refractivity contribution in [3.63, 3.8) is 0 Å². The number of nitrogens with zero attached hydrogens (tertiary/aromatic N) is 1. The van der Waals surface area contributed by atoms with Crippen LogP contribution in [0.15, 0.2) is 76.8 Å². The van der Waals surface area contributed by atoms with E-state index in [1.54, 1.807) is 42.5 Å². The number of aromatic nitrogens is 1. The van der Waals surface area contributed by atoms with Crippen LogP contribution in [0.4, 0.5) is 0 Å². The Bertz CT molecular complexity index is 1110. The highest BCUT2D eigenvalue weighted by atomic mass is 32.2. The zero-order valence-corrected chi connectivity index (χ0v) is 14.6. The van der Waals surface area contributed by atoms with Crippen molar-refractivity contribution in [2.24, 2.45) is 0 Å². The average molecular weight is 363 g/mol. The molecule has 5 heteroatoms. The van der Waals surface area contributed by atoms with Crippen LogP contribution in [0, 0.1) is 13.8 Å². The van der Waals surface area contributed by atoms with Crippen molar-refractivity contribution >= 4 is 21.8 Å². The second-order valence-corrected chi connectivity index (χ2v) is 7.97. The molecule has 3 aromatic rings. The first kappa shape index (κ1) is 11.6. The number of hydrogen-bond donors (Lipinski definition) is 0. The van der Waals surface area contributed by atoms with Crippen molar-refractivity contribution in [3.8, 4) is 0 Å². The summed E-state index contributed by atoms with van der Waals surface area (Å²) in [6.07, 6.45) is 2.05. The fourth-order valence-electron chi connectivity index (χ4n) is 2.09. The summed E-state index contributed by atoms with van der Waals surface area (Å²) in [6, 6.07) is 14.9. The van der Waals surface area contributed by atoms with Gasteiger partial charge in [-0.2, -0.15) is 0 Å². The molecule has 0 spiro atoms. The smallest absolute Gasteiger partial charge is 0.248 e. The van der Waals surface area contributed by atoms with E-state index in [9.17, 15) is 8.42 Å². The van der Waals surface area contributed by atoms with Crippen LogP contribution in [0.1, 0.15) is 23.5 Å². The lowest BCUT2D eigenvalue weighted by Gasteiger charge is -2.06. The minimum absolute atomic E-state index is 0.00184. The van der Waals surface area contributed by atoms with E-state index in [2.05, 4.69) is 0 Å². The first-order valence-corrected chi connectivity index (χ1v) is 9.46. The van der Waals surface area contributed by atoms with Crippen LogP contribution in [0.3, 0.4) is 0 Å². The molecule has 0 aliphatic heterocycles. The zero-order chi connectivity index (χ0) is 21.4. The molecular formula is C19H19NO2S2. The zero-order valence-electron chi connectivity index (χ0n) is 17.9. The number of hydrogen-bond acceptors (Lipinski definition) is 3. The van der Waals surface area contributed by atoms with Crippen LogP contribution >= 0.6 is 11.8 Å². The van der Waals surface area contributed by atoms with E-state index in [4.69, 9.17) is 6.85 Å². The summed E-state index contributed by atoms with van der Waals surface area (Å²) in [5, 5.41) is 0. The lowest BCUT2D eigenvalue weighted by molar-refractivity contribution is 0.587. The van der Waals surface area contributed by atoms with Gasteiger partial charge >= 0.3 is 0 Å². The third-order valence-corrected chi connectivity index (χ3v) is 5.88. The molecule has 0 saturated heterocycles. The molecule has 24 heavy (non-hydrogen) atoms. The van der Waals surface area contributed by atoms with Crippen molar-refractivity contribution in [1.29, 1.82) is 0 Å². The third-order valence-electron chi connectivity index (χ3n) is 3.42. The lowest BCUT2D eigenvalue weighted by atomic mass is 10.2. The maximum Gasteiger partial charge on any atom is 0.267 e. The fraction of sp³-hybridized carbons (Fsp3) is 0.158. The van der Waals surface area contributed by atoms with Gasteiger partial charge in [0, 0.05) is 29.8 Å². The molecule has 3 rings (SSSR count). The SMILES string of the molecule is [2H]C([2H])([2H])c1cn(S(=O)(=O)c2ccc(C)cc2)cc1C([2H])([2H])Sc1ccccc1. The van der Waals surface area contributed by atoms with Crippen LogP contribution in [-0.2, 0) is 15.7 Å². The van der Waals surface area contributed by atoms with Crippen molar-refractivity contribution in [3.05, 3.63) is 83.7 Å². The first-order valence-electron chi connectivity index (χ1n) is 9.70. The molecule has 0 amide bonds. The Morgan fingerprint density at radius 2 is 1.79 bits per heavy atom. The molecule has 3 nitrogen and oxygen atoms in total. The Hall–Kier alpha value is -1.98. The Kier molecular flexibility index (Phi) is 3.31. The highest BCUT2D eigenvalue weighted by Crippen LogP contribution is 2.26. The minimum atomic E-state index is -4.06. The van der Waals surface area contributed by atoms with Crippen molar-refractivity contribution in [1.82, 2.24) is 3.97 Å². The molecule has 0 bridgehead atoms. The van der Waals surface area contributed by atoms with Gasteiger partial charge in [0.25, 0.3) is 10.0 Å². The Morgan fingerprint density at radius 3 is 2.46 bits per heavy atom. The molecule has 0 saturated carbocycles. The van der Waals surface area contributed by atoms with Gasteiger partial charge in [-0.1, -0.05) is 35.9 Å². The second-order valence-electron chi connectivity index (χ2n) is 5.25. The van der Waals surface area contributed by atoms with Gasteiger partial charge in [0.2, 0.25) is 0 Å². The number of thioether (sulfide) groups is 1. The van der Waals surface area contributed by atoms with E-state index in [-0.39, 0.29) is 16.0 Å². The van der Waals surface area contributed by atoms with Crippen LogP contribution in [-0.4, -0.2) is 12.4 Å². The summed E-state index contributed by atoms with van der Waals surface area (Å²) >= 11 is 0.826. The first-order chi connectivity index (χ1) is 13.4. The molecule has 124 valence electrons.